The lowest BCUT2D eigenvalue weighted by atomic mass is 10.1. The van der Waals surface area contributed by atoms with Crippen molar-refractivity contribution in [3.05, 3.63) is 29.8 Å². The molecule has 2 rings (SSSR count). The van der Waals surface area contributed by atoms with Crippen molar-refractivity contribution in [2.45, 2.75) is 17.7 Å². The first-order valence-electron chi connectivity index (χ1n) is 5.41. The topological polar surface area (TPSA) is 63.1 Å². The Morgan fingerprint density at radius 1 is 1.39 bits per heavy atom. The summed E-state index contributed by atoms with van der Waals surface area (Å²) in [5, 5.41) is 17.7. The molecule has 1 heterocycles. The van der Waals surface area contributed by atoms with Crippen molar-refractivity contribution in [3.63, 3.8) is 0 Å². The molecule has 1 N–H and O–H groups in total. The van der Waals surface area contributed by atoms with E-state index >= 15 is 0 Å². The Bertz CT molecular complexity index is 555. The summed E-state index contributed by atoms with van der Waals surface area (Å²) in [6, 6.07) is 8.01. The van der Waals surface area contributed by atoms with Gasteiger partial charge < -0.3 is 5.11 Å². The molecular weight excluding hydrogens is 268 g/mol. The fraction of sp³-hybridized carbons (Fsp3) is 0.250. The fourth-order valence-electron chi connectivity index (χ4n) is 1.42. The molecule has 6 heteroatoms. The number of carboxylic acids is 1. The SMILES string of the molecule is Cc1ccccc1-c1nnc(SCCC(=O)O)s1. The van der Waals surface area contributed by atoms with Gasteiger partial charge in [0.15, 0.2) is 4.34 Å². The molecule has 0 saturated carbocycles. The molecule has 0 spiro atoms. The summed E-state index contributed by atoms with van der Waals surface area (Å²) in [4.78, 5) is 10.4. The van der Waals surface area contributed by atoms with E-state index < -0.39 is 5.97 Å². The number of aromatic nitrogens is 2. The second kappa shape index (κ2) is 5.97. The molecule has 18 heavy (non-hydrogen) atoms. The quantitative estimate of drug-likeness (QED) is 0.853. The minimum atomic E-state index is -0.786. The van der Waals surface area contributed by atoms with E-state index in [9.17, 15) is 4.79 Å². The van der Waals surface area contributed by atoms with Crippen molar-refractivity contribution >= 4 is 29.1 Å². The minimum absolute atomic E-state index is 0.143. The zero-order valence-electron chi connectivity index (χ0n) is 9.79. The number of nitrogens with zero attached hydrogens (tertiary/aromatic N) is 2. The summed E-state index contributed by atoms with van der Waals surface area (Å²) in [6.45, 7) is 2.04. The number of thioether (sulfide) groups is 1. The van der Waals surface area contributed by atoms with Crippen LogP contribution in [0.5, 0.6) is 0 Å². The van der Waals surface area contributed by atoms with Crippen LogP contribution in [0.3, 0.4) is 0 Å². The summed E-state index contributed by atoms with van der Waals surface area (Å²) in [6.07, 6.45) is 0.143. The molecule has 1 aromatic carbocycles. The first-order chi connectivity index (χ1) is 8.66. The maximum absolute atomic E-state index is 10.4. The van der Waals surface area contributed by atoms with E-state index in [1.807, 2.05) is 31.2 Å². The van der Waals surface area contributed by atoms with Crippen LogP contribution in [0.25, 0.3) is 10.6 Å². The van der Waals surface area contributed by atoms with Crippen molar-refractivity contribution < 1.29 is 9.90 Å². The van der Waals surface area contributed by atoms with Gasteiger partial charge in [-0.3, -0.25) is 4.79 Å². The predicted molar refractivity (Wildman–Crippen MR) is 73.1 cm³/mol. The largest absolute Gasteiger partial charge is 0.481 e. The van der Waals surface area contributed by atoms with Gasteiger partial charge in [-0.2, -0.15) is 0 Å². The molecule has 0 radical (unpaired) electrons. The molecule has 0 unspecified atom stereocenters. The van der Waals surface area contributed by atoms with Gasteiger partial charge in [-0.15, -0.1) is 10.2 Å². The lowest BCUT2D eigenvalue weighted by Crippen LogP contribution is -1.95. The molecule has 0 bridgehead atoms. The summed E-state index contributed by atoms with van der Waals surface area (Å²) >= 11 is 2.93. The van der Waals surface area contributed by atoms with Gasteiger partial charge in [0.2, 0.25) is 0 Å². The van der Waals surface area contributed by atoms with Crippen LogP contribution in [0, 0.1) is 6.92 Å². The summed E-state index contributed by atoms with van der Waals surface area (Å²) < 4.78 is 0.814. The number of carbonyl (C=O) groups is 1. The van der Waals surface area contributed by atoms with Gasteiger partial charge in [0, 0.05) is 11.3 Å². The third-order valence-electron chi connectivity index (χ3n) is 2.32. The van der Waals surface area contributed by atoms with Crippen LogP contribution in [0.1, 0.15) is 12.0 Å². The van der Waals surface area contributed by atoms with Gasteiger partial charge in [-0.1, -0.05) is 47.4 Å². The van der Waals surface area contributed by atoms with E-state index in [2.05, 4.69) is 10.2 Å². The molecule has 0 aliphatic carbocycles. The van der Waals surface area contributed by atoms with Gasteiger partial charge in [0.25, 0.3) is 0 Å². The third kappa shape index (κ3) is 3.30. The van der Waals surface area contributed by atoms with Crippen LogP contribution in [-0.2, 0) is 4.79 Å². The standard InChI is InChI=1S/C12H12N2O2S2/c1-8-4-2-3-5-9(8)11-13-14-12(18-11)17-7-6-10(15)16/h2-5H,6-7H2,1H3,(H,15,16). The normalized spacial score (nSPS) is 10.5. The number of carboxylic acid groups (broad SMARTS) is 1. The zero-order valence-corrected chi connectivity index (χ0v) is 11.4. The molecule has 94 valence electrons. The summed E-state index contributed by atoms with van der Waals surface area (Å²) in [5.41, 5.74) is 2.25. The zero-order chi connectivity index (χ0) is 13.0. The van der Waals surface area contributed by atoms with Crippen molar-refractivity contribution in [3.8, 4) is 10.6 Å². The fourth-order valence-corrected chi connectivity index (χ4v) is 3.36. The molecule has 0 saturated heterocycles. The van der Waals surface area contributed by atoms with E-state index in [0.29, 0.717) is 5.75 Å². The van der Waals surface area contributed by atoms with Crippen molar-refractivity contribution in [2.75, 3.05) is 5.75 Å². The van der Waals surface area contributed by atoms with E-state index in [-0.39, 0.29) is 6.42 Å². The van der Waals surface area contributed by atoms with Gasteiger partial charge in [-0.05, 0) is 12.5 Å². The van der Waals surface area contributed by atoms with E-state index in [1.165, 1.54) is 23.1 Å². The monoisotopic (exact) mass is 280 g/mol. The molecule has 0 amide bonds. The molecule has 1 aromatic heterocycles. The number of rotatable bonds is 5. The summed E-state index contributed by atoms with van der Waals surface area (Å²) in [5.74, 6) is -0.260. The van der Waals surface area contributed by atoms with Crippen molar-refractivity contribution in [1.82, 2.24) is 10.2 Å². The predicted octanol–water partition coefficient (Wildman–Crippen LogP) is 3.08. The molecule has 0 atom stereocenters. The van der Waals surface area contributed by atoms with E-state index in [1.54, 1.807) is 0 Å². The number of hydrogen-bond acceptors (Lipinski definition) is 5. The van der Waals surface area contributed by atoms with E-state index in [4.69, 9.17) is 5.11 Å². The Morgan fingerprint density at radius 3 is 2.89 bits per heavy atom. The van der Waals surface area contributed by atoms with E-state index in [0.717, 1.165) is 20.5 Å². The second-order valence-corrected chi connectivity index (χ2v) is 6.00. The van der Waals surface area contributed by atoms with Crippen LogP contribution in [0.2, 0.25) is 0 Å². The second-order valence-electron chi connectivity index (χ2n) is 3.68. The van der Waals surface area contributed by atoms with Crippen LogP contribution in [0.4, 0.5) is 0 Å². The number of aryl methyl sites for hydroxylation is 1. The van der Waals surface area contributed by atoms with Gasteiger partial charge in [-0.25, -0.2) is 0 Å². The lowest BCUT2D eigenvalue weighted by Gasteiger charge is -1.98. The Morgan fingerprint density at radius 2 is 2.17 bits per heavy atom. The third-order valence-corrected chi connectivity index (χ3v) is 4.41. The highest BCUT2D eigenvalue weighted by atomic mass is 32.2. The molecule has 0 aliphatic rings. The maximum Gasteiger partial charge on any atom is 0.304 e. The Labute approximate surface area is 113 Å². The average Bonchev–Trinajstić information content (AvgIpc) is 2.78. The number of benzene rings is 1. The van der Waals surface area contributed by atoms with Gasteiger partial charge in [0.1, 0.15) is 5.01 Å². The average molecular weight is 280 g/mol. The lowest BCUT2D eigenvalue weighted by molar-refractivity contribution is -0.136. The van der Waals surface area contributed by atoms with Crippen LogP contribution < -0.4 is 0 Å². The van der Waals surface area contributed by atoms with Gasteiger partial charge in [0.05, 0.1) is 6.42 Å². The van der Waals surface area contributed by atoms with Crippen LogP contribution >= 0.6 is 23.1 Å². The van der Waals surface area contributed by atoms with Crippen molar-refractivity contribution in [1.29, 1.82) is 0 Å². The Balaban J connectivity index is 2.06. The number of aliphatic carboxylic acids is 1. The van der Waals surface area contributed by atoms with Crippen LogP contribution in [-0.4, -0.2) is 27.0 Å². The Hall–Kier alpha value is -1.40. The molecule has 0 fully saturated rings. The highest BCUT2D eigenvalue weighted by Crippen LogP contribution is 2.31. The molecule has 0 aliphatic heterocycles. The molecule has 2 aromatic rings. The van der Waals surface area contributed by atoms with Crippen molar-refractivity contribution in [2.24, 2.45) is 0 Å². The van der Waals surface area contributed by atoms with Crippen LogP contribution in [0.15, 0.2) is 28.6 Å². The highest BCUT2D eigenvalue weighted by Gasteiger charge is 2.09. The maximum atomic E-state index is 10.4. The number of hydrogen-bond donors (Lipinski definition) is 1. The Kier molecular flexibility index (Phi) is 4.33. The van der Waals surface area contributed by atoms with Gasteiger partial charge >= 0.3 is 5.97 Å². The molecule has 4 nitrogen and oxygen atoms in total. The smallest absolute Gasteiger partial charge is 0.304 e. The first kappa shape index (κ1) is 13.0. The highest BCUT2D eigenvalue weighted by molar-refractivity contribution is 8.01. The first-order valence-corrected chi connectivity index (χ1v) is 7.21. The minimum Gasteiger partial charge on any atom is -0.481 e. The summed E-state index contributed by atoms with van der Waals surface area (Å²) in [7, 11) is 0. The molecular formula is C12H12N2O2S2.